The highest BCUT2D eigenvalue weighted by molar-refractivity contribution is 8.00. The smallest absolute Gasteiger partial charge is 0.270 e. The number of methoxy groups -OCH3 is 1. The van der Waals surface area contributed by atoms with Crippen LogP contribution in [0.1, 0.15) is 49.1 Å². The maximum absolute atomic E-state index is 13.3. The average molecular weight is 454 g/mol. The number of H-pyrrole nitrogens is 1. The Balaban J connectivity index is 1.67. The molecule has 2 aromatic carbocycles. The second-order valence-electron chi connectivity index (χ2n) is 8.97. The van der Waals surface area contributed by atoms with Crippen molar-refractivity contribution in [2.45, 2.75) is 43.6 Å². The largest absolute Gasteiger partial charge is 0.496 e. The lowest BCUT2D eigenvalue weighted by molar-refractivity contribution is -0.113. The number of thioether (sulfide) groups is 1. The van der Waals surface area contributed by atoms with Crippen molar-refractivity contribution in [1.29, 1.82) is 0 Å². The number of aromatic amines is 1. The Morgan fingerprint density at radius 1 is 1.16 bits per heavy atom. The minimum atomic E-state index is -0.286. The van der Waals surface area contributed by atoms with E-state index in [1.165, 1.54) is 11.8 Å². The van der Waals surface area contributed by atoms with E-state index in [-0.39, 0.29) is 34.1 Å². The topological polar surface area (TPSA) is 85.4 Å². The Bertz CT molecular complexity index is 1250. The summed E-state index contributed by atoms with van der Waals surface area (Å²) in [7, 11) is 1.66. The fraction of sp³-hybridized carbons (Fsp3) is 0.417. The summed E-state index contributed by atoms with van der Waals surface area (Å²) in [4.78, 5) is 25.9. The molecule has 1 fully saturated rings. The number of amides is 1. The van der Waals surface area contributed by atoms with Crippen LogP contribution in [0.4, 0.5) is 5.82 Å². The van der Waals surface area contributed by atoms with E-state index in [0.29, 0.717) is 18.0 Å². The first-order valence-electron chi connectivity index (χ1n) is 10.8. The molecular weight excluding hydrogens is 426 g/mol. The van der Waals surface area contributed by atoms with Gasteiger partial charge in [-0.3, -0.25) is 19.4 Å². The Labute approximate surface area is 190 Å². The number of fused-ring (bicyclic) bond motifs is 2. The van der Waals surface area contributed by atoms with Crippen LogP contribution in [0.5, 0.6) is 5.75 Å². The normalized spacial score (nSPS) is 22.8. The number of rotatable bonds is 3. The summed E-state index contributed by atoms with van der Waals surface area (Å²) < 4.78 is 13.3. The summed E-state index contributed by atoms with van der Waals surface area (Å²) in [6, 6.07) is 12.0. The van der Waals surface area contributed by atoms with Crippen molar-refractivity contribution in [2.24, 2.45) is 0 Å². The van der Waals surface area contributed by atoms with Gasteiger partial charge in [-0.25, -0.2) is 0 Å². The number of nitrogens with one attached hydrogen (secondary N) is 2. The second-order valence-corrected chi connectivity index (χ2v) is 10.1. The lowest BCUT2D eigenvalue weighted by Gasteiger charge is -2.36. The summed E-state index contributed by atoms with van der Waals surface area (Å²) >= 11 is 1.48. The van der Waals surface area contributed by atoms with Gasteiger partial charge in [-0.05, 0) is 43.7 Å². The summed E-state index contributed by atoms with van der Waals surface area (Å²) in [6.45, 7) is 4.72. The van der Waals surface area contributed by atoms with E-state index in [2.05, 4.69) is 24.3 Å². The number of aromatic nitrogens is 2. The summed E-state index contributed by atoms with van der Waals surface area (Å²) in [6.07, 6.45) is 1.53. The molecule has 0 saturated carbocycles. The Hall–Kier alpha value is -2.71. The summed E-state index contributed by atoms with van der Waals surface area (Å²) in [5.74, 6) is 1.54. The van der Waals surface area contributed by atoms with E-state index in [1.807, 2.05) is 41.1 Å². The quantitative estimate of drug-likeness (QED) is 0.620. The molecule has 0 radical (unpaired) electrons. The molecule has 8 heteroatoms. The summed E-state index contributed by atoms with van der Waals surface area (Å²) in [5, 5.41) is 7.77. The zero-order valence-electron chi connectivity index (χ0n) is 18.4. The number of hydrogen-bond acceptors (Lipinski definition) is 5. The SMILES string of the molecule is COc1ccc([C@@H]2SCC(=O)Nc3c2c(=O)[nH]n3[C@H]2CCOC(C)(C)C2)c2ccccc12. The average Bonchev–Trinajstić information content (AvgIpc) is 2.98. The second kappa shape index (κ2) is 8.01. The number of hydrogen-bond donors (Lipinski definition) is 2. The van der Waals surface area contributed by atoms with Gasteiger partial charge in [0.25, 0.3) is 5.56 Å². The molecule has 168 valence electrons. The molecule has 0 unspecified atom stereocenters. The predicted octanol–water partition coefficient (Wildman–Crippen LogP) is 4.24. The number of ether oxygens (including phenoxy) is 2. The van der Waals surface area contributed by atoms with Crippen LogP contribution < -0.4 is 15.6 Å². The minimum Gasteiger partial charge on any atom is -0.496 e. The number of nitrogens with zero attached hydrogens (tertiary/aromatic N) is 1. The van der Waals surface area contributed by atoms with Gasteiger partial charge in [0.1, 0.15) is 11.6 Å². The third-order valence-corrected chi connectivity index (χ3v) is 7.57. The molecule has 3 aromatic rings. The molecule has 0 aliphatic carbocycles. The van der Waals surface area contributed by atoms with Gasteiger partial charge in [-0.15, -0.1) is 11.8 Å². The fourth-order valence-corrected chi connectivity index (χ4v) is 6.05. The van der Waals surface area contributed by atoms with Crippen molar-refractivity contribution >= 4 is 34.3 Å². The number of carbonyl (C=O) groups excluding carboxylic acids is 1. The van der Waals surface area contributed by atoms with Gasteiger partial charge >= 0.3 is 0 Å². The molecule has 1 saturated heterocycles. The molecule has 2 atom stereocenters. The van der Waals surface area contributed by atoms with Crippen LogP contribution in [-0.2, 0) is 9.53 Å². The molecule has 0 spiro atoms. The Morgan fingerprint density at radius 2 is 1.94 bits per heavy atom. The van der Waals surface area contributed by atoms with Crippen LogP contribution in [0.25, 0.3) is 10.8 Å². The van der Waals surface area contributed by atoms with Gasteiger partial charge in [0.05, 0.1) is 35.3 Å². The lowest BCUT2D eigenvalue weighted by atomic mass is 9.94. The van der Waals surface area contributed by atoms with Crippen LogP contribution in [0.3, 0.4) is 0 Å². The molecule has 1 aromatic heterocycles. The first-order chi connectivity index (χ1) is 15.4. The molecule has 2 aliphatic heterocycles. The Morgan fingerprint density at radius 3 is 2.69 bits per heavy atom. The first-order valence-corrected chi connectivity index (χ1v) is 11.9. The maximum Gasteiger partial charge on any atom is 0.270 e. The van der Waals surface area contributed by atoms with Crippen LogP contribution >= 0.6 is 11.8 Å². The molecule has 3 heterocycles. The predicted molar refractivity (Wildman–Crippen MR) is 127 cm³/mol. The first kappa shape index (κ1) is 21.2. The van der Waals surface area contributed by atoms with E-state index in [1.54, 1.807) is 7.11 Å². The number of carbonyl (C=O) groups is 1. The van der Waals surface area contributed by atoms with Gasteiger partial charge in [0.2, 0.25) is 5.91 Å². The molecule has 1 amide bonds. The molecule has 0 bridgehead atoms. The standard InChI is InChI=1S/C24H27N3O4S/c1-24(2)12-14(10-11-31-24)27-22-20(23(29)26-27)21(32-13-19(28)25-22)17-8-9-18(30-3)16-7-5-4-6-15(16)17/h4-9,14,21H,10-13H2,1-3H3,(H,25,28)(H,26,29)/t14-,21-/m0/s1. The number of anilines is 1. The van der Waals surface area contributed by atoms with Gasteiger partial charge in [0.15, 0.2) is 0 Å². The molecule has 7 nitrogen and oxygen atoms in total. The minimum absolute atomic E-state index is 0.0480. The van der Waals surface area contributed by atoms with Crippen LogP contribution in [-0.4, -0.2) is 40.8 Å². The van der Waals surface area contributed by atoms with Crippen molar-refractivity contribution < 1.29 is 14.3 Å². The lowest BCUT2D eigenvalue weighted by Crippen LogP contribution is -2.36. The van der Waals surface area contributed by atoms with Crippen LogP contribution in [0, 0.1) is 0 Å². The molecule has 5 rings (SSSR count). The maximum atomic E-state index is 13.3. The van der Waals surface area contributed by atoms with Crippen LogP contribution in [0.2, 0.25) is 0 Å². The molecule has 2 aliphatic rings. The van der Waals surface area contributed by atoms with E-state index >= 15 is 0 Å². The third-order valence-electron chi connectivity index (χ3n) is 6.32. The zero-order valence-corrected chi connectivity index (χ0v) is 19.3. The monoisotopic (exact) mass is 453 g/mol. The van der Waals surface area contributed by atoms with E-state index in [4.69, 9.17) is 9.47 Å². The summed E-state index contributed by atoms with van der Waals surface area (Å²) in [5.41, 5.74) is 1.15. The van der Waals surface area contributed by atoms with Crippen molar-refractivity contribution in [3.8, 4) is 5.75 Å². The van der Waals surface area contributed by atoms with Gasteiger partial charge in [-0.2, -0.15) is 0 Å². The molecular formula is C24H27N3O4S. The highest BCUT2D eigenvalue weighted by atomic mass is 32.2. The number of benzene rings is 2. The molecule has 2 N–H and O–H groups in total. The van der Waals surface area contributed by atoms with Crippen molar-refractivity contribution in [2.75, 3.05) is 24.8 Å². The van der Waals surface area contributed by atoms with Gasteiger partial charge in [0, 0.05) is 12.0 Å². The van der Waals surface area contributed by atoms with Gasteiger partial charge in [-0.1, -0.05) is 30.3 Å². The van der Waals surface area contributed by atoms with Crippen LogP contribution in [0.15, 0.2) is 41.2 Å². The fourth-order valence-electron chi connectivity index (χ4n) is 4.88. The van der Waals surface area contributed by atoms with Crippen molar-refractivity contribution in [3.63, 3.8) is 0 Å². The third kappa shape index (κ3) is 3.61. The highest BCUT2D eigenvalue weighted by Gasteiger charge is 2.36. The molecule has 32 heavy (non-hydrogen) atoms. The van der Waals surface area contributed by atoms with Crippen molar-refractivity contribution in [1.82, 2.24) is 9.78 Å². The van der Waals surface area contributed by atoms with Crippen molar-refractivity contribution in [3.05, 3.63) is 57.9 Å². The Kier molecular flexibility index (Phi) is 5.29. The van der Waals surface area contributed by atoms with Gasteiger partial charge < -0.3 is 14.8 Å². The van der Waals surface area contributed by atoms with E-state index in [0.717, 1.165) is 34.9 Å². The highest BCUT2D eigenvalue weighted by Crippen LogP contribution is 2.45. The van der Waals surface area contributed by atoms with E-state index < -0.39 is 0 Å². The van der Waals surface area contributed by atoms with E-state index in [9.17, 15) is 9.59 Å². The zero-order chi connectivity index (χ0) is 22.5.